The van der Waals surface area contributed by atoms with Crippen molar-refractivity contribution >= 4 is 29.8 Å². The topological polar surface area (TPSA) is 79.8 Å². The van der Waals surface area contributed by atoms with Crippen LogP contribution in [0.5, 0.6) is 5.75 Å². The van der Waals surface area contributed by atoms with E-state index in [2.05, 4.69) is 15.8 Å². The Hall–Kier alpha value is -3.58. The van der Waals surface area contributed by atoms with E-state index in [1.54, 1.807) is 30.1 Å². The SMILES string of the molecule is C[C@@H](SCc1ccccc1)C(=O)N/N=C\c1ccc(OCC(=O)N[C@H](C)c2ccccc2)cc1. The highest BCUT2D eigenvalue weighted by atomic mass is 32.2. The van der Waals surface area contributed by atoms with Crippen LogP contribution in [0.15, 0.2) is 90.0 Å². The van der Waals surface area contributed by atoms with Gasteiger partial charge in [-0.05, 0) is 54.8 Å². The van der Waals surface area contributed by atoms with E-state index in [-0.39, 0.29) is 29.7 Å². The molecule has 0 aromatic heterocycles. The van der Waals surface area contributed by atoms with Crippen LogP contribution in [-0.2, 0) is 15.3 Å². The average molecular weight is 476 g/mol. The van der Waals surface area contributed by atoms with Crippen molar-refractivity contribution in [2.75, 3.05) is 6.61 Å². The molecule has 0 heterocycles. The molecule has 0 bridgehead atoms. The molecule has 0 aliphatic carbocycles. The van der Waals surface area contributed by atoms with Gasteiger partial charge in [-0.2, -0.15) is 5.10 Å². The van der Waals surface area contributed by atoms with Gasteiger partial charge in [0, 0.05) is 5.75 Å². The molecule has 0 fully saturated rings. The van der Waals surface area contributed by atoms with Crippen LogP contribution in [-0.4, -0.2) is 29.9 Å². The van der Waals surface area contributed by atoms with Gasteiger partial charge >= 0.3 is 0 Å². The second kappa shape index (κ2) is 13.2. The van der Waals surface area contributed by atoms with E-state index in [9.17, 15) is 9.59 Å². The third-order valence-corrected chi connectivity index (χ3v) is 6.24. The Bertz CT molecular complexity index is 1070. The lowest BCUT2D eigenvalue weighted by Crippen LogP contribution is -2.31. The van der Waals surface area contributed by atoms with E-state index in [1.807, 2.05) is 86.6 Å². The number of carbonyl (C=O) groups is 2. The van der Waals surface area contributed by atoms with Gasteiger partial charge in [0.2, 0.25) is 0 Å². The molecule has 3 aromatic rings. The molecule has 0 unspecified atom stereocenters. The van der Waals surface area contributed by atoms with Gasteiger partial charge in [-0.1, -0.05) is 60.7 Å². The molecule has 0 saturated heterocycles. The lowest BCUT2D eigenvalue weighted by molar-refractivity contribution is -0.123. The van der Waals surface area contributed by atoms with Gasteiger partial charge < -0.3 is 10.1 Å². The van der Waals surface area contributed by atoms with E-state index in [0.29, 0.717) is 5.75 Å². The largest absolute Gasteiger partial charge is 0.484 e. The van der Waals surface area contributed by atoms with Crippen LogP contribution in [0.3, 0.4) is 0 Å². The molecule has 2 N–H and O–H groups in total. The second-order valence-corrected chi connectivity index (χ2v) is 9.06. The van der Waals surface area contributed by atoms with Crippen LogP contribution in [0.4, 0.5) is 0 Å². The maximum atomic E-state index is 12.2. The fraction of sp³-hybridized carbons (Fsp3) is 0.222. The predicted octanol–water partition coefficient (Wildman–Crippen LogP) is 4.71. The molecular weight excluding hydrogens is 446 g/mol. The molecule has 0 aliphatic rings. The first-order valence-corrected chi connectivity index (χ1v) is 12.1. The van der Waals surface area contributed by atoms with E-state index < -0.39 is 0 Å². The van der Waals surface area contributed by atoms with Crippen LogP contribution in [0, 0.1) is 0 Å². The molecule has 7 heteroatoms. The number of hydrogen-bond donors (Lipinski definition) is 2. The molecule has 3 aromatic carbocycles. The number of nitrogens with zero attached hydrogens (tertiary/aromatic N) is 1. The summed E-state index contributed by atoms with van der Waals surface area (Å²) < 4.78 is 5.57. The van der Waals surface area contributed by atoms with Crippen molar-refractivity contribution in [3.8, 4) is 5.75 Å². The first-order valence-electron chi connectivity index (χ1n) is 11.1. The van der Waals surface area contributed by atoms with Crippen molar-refractivity contribution in [3.05, 3.63) is 102 Å². The minimum Gasteiger partial charge on any atom is -0.484 e. The number of ether oxygens (including phenoxy) is 1. The summed E-state index contributed by atoms with van der Waals surface area (Å²) in [6, 6.07) is 26.8. The van der Waals surface area contributed by atoms with E-state index in [0.717, 1.165) is 16.9 Å². The van der Waals surface area contributed by atoms with Gasteiger partial charge in [0.05, 0.1) is 17.5 Å². The maximum Gasteiger partial charge on any atom is 0.258 e. The van der Waals surface area contributed by atoms with Crippen LogP contribution in [0.1, 0.15) is 36.6 Å². The highest BCUT2D eigenvalue weighted by Gasteiger charge is 2.12. The van der Waals surface area contributed by atoms with Crippen molar-refractivity contribution in [2.45, 2.75) is 30.9 Å². The zero-order valence-electron chi connectivity index (χ0n) is 19.3. The summed E-state index contributed by atoms with van der Waals surface area (Å²) in [5.74, 6) is 1.01. The maximum absolute atomic E-state index is 12.2. The third-order valence-electron chi connectivity index (χ3n) is 5.03. The lowest BCUT2D eigenvalue weighted by Gasteiger charge is -2.14. The van der Waals surface area contributed by atoms with Gasteiger partial charge in [0.1, 0.15) is 5.75 Å². The number of benzene rings is 3. The Balaban J connectivity index is 1.38. The van der Waals surface area contributed by atoms with Gasteiger partial charge in [-0.3, -0.25) is 9.59 Å². The van der Waals surface area contributed by atoms with Gasteiger partial charge in [-0.25, -0.2) is 5.43 Å². The van der Waals surface area contributed by atoms with Crippen molar-refractivity contribution in [1.82, 2.24) is 10.7 Å². The van der Waals surface area contributed by atoms with Gasteiger partial charge in [0.15, 0.2) is 6.61 Å². The molecule has 3 rings (SSSR count). The standard InChI is InChI=1S/C27H29N3O3S/c1-20(24-11-7-4-8-12-24)29-26(31)18-33-25-15-13-22(14-16-25)17-28-30-27(32)21(2)34-19-23-9-5-3-6-10-23/h3-17,20-21H,18-19H2,1-2H3,(H,29,31)(H,30,32)/b28-17-/t20-,21-/m1/s1. The fourth-order valence-electron chi connectivity index (χ4n) is 3.04. The van der Waals surface area contributed by atoms with Crippen molar-refractivity contribution in [1.29, 1.82) is 0 Å². The molecule has 34 heavy (non-hydrogen) atoms. The molecule has 176 valence electrons. The highest BCUT2D eigenvalue weighted by molar-refractivity contribution is 7.99. The smallest absolute Gasteiger partial charge is 0.258 e. The Morgan fingerprint density at radius 1 is 0.941 bits per heavy atom. The van der Waals surface area contributed by atoms with Crippen LogP contribution in [0.2, 0.25) is 0 Å². The van der Waals surface area contributed by atoms with Crippen molar-refractivity contribution in [2.24, 2.45) is 5.10 Å². The van der Waals surface area contributed by atoms with Gasteiger partial charge in [0.25, 0.3) is 11.8 Å². The third kappa shape index (κ3) is 8.41. The molecule has 0 saturated carbocycles. The first-order chi connectivity index (χ1) is 16.5. The average Bonchev–Trinajstić information content (AvgIpc) is 2.87. The Labute approximate surface area is 204 Å². The normalized spacial score (nSPS) is 12.6. The minimum atomic E-state index is -0.219. The summed E-state index contributed by atoms with van der Waals surface area (Å²) >= 11 is 1.56. The summed E-state index contributed by atoms with van der Waals surface area (Å²) in [5.41, 5.74) is 5.60. The van der Waals surface area contributed by atoms with Crippen LogP contribution in [0.25, 0.3) is 0 Å². The van der Waals surface area contributed by atoms with E-state index in [1.165, 1.54) is 5.56 Å². The van der Waals surface area contributed by atoms with E-state index >= 15 is 0 Å². The monoisotopic (exact) mass is 475 g/mol. The number of thioether (sulfide) groups is 1. The number of amides is 2. The Kier molecular flexibility index (Phi) is 9.73. The molecular formula is C27H29N3O3S. The molecule has 0 spiro atoms. The minimum absolute atomic E-state index is 0.0702. The molecule has 0 aliphatic heterocycles. The van der Waals surface area contributed by atoms with Crippen molar-refractivity contribution in [3.63, 3.8) is 0 Å². The molecule has 0 radical (unpaired) electrons. The zero-order chi connectivity index (χ0) is 24.2. The highest BCUT2D eigenvalue weighted by Crippen LogP contribution is 2.17. The number of carbonyl (C=O) groups excluding carboxylic acids is 2. The van der Waals surface area contributed by atoms with Crippen molar-refractivity contribution < 1.29 is 14.3 Å². The summed E-state index contributed by atoms with van der Waals surface area (Å²) in [4.78, 5) is 24.4. The Morgan fingerprint density at radius 3 is 2.26 bits per heavy atom. The van der Waals surface area contributed by atoms with Gasteiger partial charge in [-0.15, -0.1) is 11.8 Å². The summed E-state index contributed by atoms with van der Waals surface area (Å²) in [6.07, 6.45) is 1.57. The summed E-state index contributed by atoms with van der Waals surface area (Å²) in [5, 5.41) is 6.74. The first kappa shape index (κ1) is 25.1. The second-order valence-electron chi connectivity index (χ2n) is 7.73. The van der Waals surface area contributed by atoms with Crippen LogP contribution >= 0.6 is 11.8 Å². The number of hydrogen-bond acceptors (Lipinski definition) is 5. The number of nitrogens with one attached hydrogen (secondary N) is 2. The molecule has 2 atom stereocenters. The lowest BCUT2D eigenvalue weighted by atomic mass is 10.1. The zero-order valence-corrected chi connectivity index (χ0v) is 20.1. The number of rotatable bonds is 11. The molecule has 6 nitrogen and oxygen atoms in total. The molecule has 2 amide bonds. The fourth-order valence-corrected chi connectivity index (χ4v) is 3.88. The summed E-state index contributed by atoms with van der Waals surface area (Å²) in [7, 11) is 0. The van der Waals surface area contributed by atoms with Crippen LogP contribution < -0.4 is 15.5 Å². The predicted molar refractivity (Wildman–Crippen MR) is 138 cm³/mol. The Morgan fingerprint density at radius 2 is 1.59 bits per heavy atom. The number of hydrazone groups is 1. The quantitative estimate of drug-likeness (QED) is 0.311. The summed E-state index contributed by atoms with van der Waals surface area (Å²) in [6.45, 7) is 3.73. The van der Waals surface area contributed by atoms with E-state index in [4.69, 9.17) is 4.74 Å².